The fourth-order valence-corrected chi connectivity index (χ4v) is 1.92. The number of ketones is 1. The van der Waals surface area contributed by atoms with E-state index in [0.29, 0.717) is 17.8 Å². The molecule has 1 amide bonds. The van der Waals surface area contributed by atoms with Crippen molar-refractivity contribution in [1.29, 1.82) is 0 Å². The molecule has 0 bridgehead atoms. The minimum Gasteiger partial charge on any atom is -0.347 e. The monoisotopic (exact) mass is 285 g/mol. The first-order valence-electron chi connectivity index (χ1n) is 6.90. The van der Waals surface area contributed by atoms with Crippen molar-refractivity contribution in [3.8, 4) is 0 Å². The van der Waals surface area contributed by atoms with Crippen molar-refractivity contribution in [3.63, 3.8) is 0 Å². The molecule has 0 spiro atoms. The Labute approximate surface area is 124 Å². The van der Waals surface area contributed by atoms with Crippen LogP contribution in [-0.4, -0.2) is 21.5 Å². The molecule has 1 heterocycles. The lowest BCUT2D eigenvalue weighted by Crippen LogP contribution is -2.23. The van der Waals surface area contributed by atoms with Crippen LogP contribution in [0.25, 0.3) is 0 Å². The van der Waals surface area contributed by atoms with Gasteiger partial charge in [0, 0.05) is 24.3 Å². The van der Waals surface area contributed by atoms with Gasteiger partial charge in [0.2, 0.25) is 0 Å². The van der Waals surface area contributed by atoms with E-state index >= 15 is 0 Å². The summed E-state index contributed by atoms with van der Waals surface area (Å²) in [4.78, 5) is 23.3. The lowest BCUT2D eigenvalue weighted by molar-refractivity contribution is 0.0944. The van der Waals surface area contributed by atoms with Crippen LogP contribution in [0.3, 0.4) is 0 Å². The molecule has 0 aliphatic carbocycles. The average Bonchev–Trinajstić information content (AvgIpc) is 2.95. The highest BCUT2D eigenvalue weighted by Crippen LogP contribution is 2.07. The van der Waals surface area contributed by atoms with Crippen molar-refractivity contribution in [2.45, 2.75) is 33.4 Å². The summed E-state index contributed by atoms with van der Waals surface area (Å²) >= 11 is 0. The molecule has 0 aliphatic rings. The number of rotatable bonds is 5. The van der Waals surface area contributed by atoms with Crippen LogP contribution >= 0.6 is 0 Å². The molecule has 110 valence electrons. The van der Waals surface area contributed by atoms with Gasteiger partial charge in [-0.1, -0.05) is 18.2 Å². The molecule has 1 N–H and O–H groups in total. The fourth-order valence-electron chi connectivity index (χ4n) is 1.92. The number of amides is 1. The summed E-state index contributed by atoms with van der Waals surface area (Å²) < 4.78 is 1.74. The van der Waals surface area contributed by atoms with Gasteiger partial charge in [0.05, 0.1) is 0 Å². The Morgan fingerprint density at radius 3 is 2.67 bits per heavy atom. The summed E-state index contributed by atoms with van der Waals surface area (Å²) in [6, 6.07) is 9.15. The first kappa shape index (κ1) is 15.0. The van der Waals surface area contributed by atoms with Gasteiger partial charge in [-0.3, -0.25) is 14.3 Å². The number of aromatic nitrogens is 2. The molecule has 1 aromatic heterocycles. The van der Waals surface area contributed by atoms with Gasteiger partial charge in [-0.05, 0) is 38.5 Å². The second kappa shape index (κ2) is 6.35. The van der Waals surface area contributed by atoms with E-state index in [0.717, 1.165) is 5.56 Å². The summed E-state index contributed by atoms with van der Waals surface area (Å²) in [6.45, 7) is 5.90. The van der Waals surface area contributed by atoms with E-state index in [2.05, 4.69) is 10.4 Å². The van der Waals surface area contributed by atoms with E-state index in [9.17, 15) is 9.59 Å². The van der Waals surface area contributed by atoms with Crippen LogP contribution in [0.2, 0.25) is 0 Å². The van der Waals surface area contributed by atoms with E-state index in [1.165, 1.54) is 6.92 Å². The normalized spacial score (nSPS) is 10.7. The molecule has 0 saturated heterocycles. The van der Waals surface area contributed by atoms with Crippen molar-refractivity contribution in [2.24, 2.45) is 0 Å². The third kappa shape index (κ3) is 3.78. The molecular formula is C16H19N3O2. The van der Waals surface area contributed by atoms with Gasteiger partial charge in [0.1, 0.15) is 5.69 Å². The second-order valence-corrected chi connectivity index (χ2v) is 5.21. The number of benzene rings is 1. The second-order valence-electron chi connectivity index (χ2n) is 5.21. The van der Waals surface area contributed by atoms with Crippen molar-refractivity contribution in [2.75, 3.05) is 0 Å². The molecule has 0 unspecified atom stereocenters. The summed E-state index contributed by atoms with van der Waals surface area (Å²) in [7, 11) is 0. The fraction of sp³-hybridized carbons (Fsp3) is 0.312. The maximum Gasteiger partial charge on any atom is 0.272 e. The van der Waals surface area contributed by atoms with E-state index < -0.39 is 0 Å². The van der Waals surface area contributed by atoms with Crippen molar-refractivity contribution < 1.29 is 9.59 Å². The predicted octanol–water partition coefficient (Wildman–Crippen LogP) is 2.60. The highest BCUT2D eigenvalue weighted by molar-refractivity contribution is 5.94. The third-order valence-corrected chi connectivity index (χ3v) is 3.16. The SMILES string of the molecule is CC(=O)c1cccc(CNC(=O)c2ccn(C(C)C)n2)c1. The number of carbonyl (C=O) groups excluding carboxylic acids is 2. The maximum absolute atomic E-state index is 12.0. The lowest BCUT2D eigenvalue weighted by Gasteiger charge is -2.06. The van der Waals surface area contributed by atoms with E-state index in [-0.39, 0.29) is 17.7 Å². The van der Waals surface area contributed by atoms with Gasteiger partial charge in [0.25, 0.3) is 5.91 Å². The Kier molecular flexibility index (Phi) is 4.52. The van der Waals surface area contributed by atoms with Gasteiger partial charge >= 0.3 is 0 Å². The van der Waals surface area contributed by atoms with E-state index in [4.69, 9.17) is 0 Å². The smallest absolute Gasteiger partial charge is 0.272 e. The standard InChI is InChI=1S/C16H19N3O2/c1-11(2)19-8-7-15(18-19)16(21)17-10-13-5-4-6-14(9-13)12(3)20/h4-9,11H,10H2,1-3H3,(H,17,21). The molecule has 0 aliphatic heterocycles. The predicted molar refractivity (Wildman–Crippen MR) is 80.2 cm³/mol. The average molecular weight is 285 g/mol. The van der Waals surface area contributed by atoms with Crippen molar-refractivity contribution >= 4 is 11.7 Å². The van der Waals surface area contributed by atoms with Crippen molar-refractivity contribution in [3.05, 3.63) is 53.3 Å². The zero-order valence-electron chi connectivity index (χ0n) is 12.5. The zero-order valence-corrected chi connectivity index (χ0v) is 12.5. The number of hydrogen-bond acceptors (Lipinski definition) is 3. The van der Waals surface area contributed by atoms with Crippen LogP contribution in [0.4, 0.5) is 0 Å². The highest BCUT2D eigenvalue weighted by Gasteiger charge is 2.10. The van der Waals surface area contributed by atoms with Gasteiger partial charge < -0.3 is 5.32 Å². The van der Waals surface area contributed by atoms with Gasteiger partial charge in [-0.15, -0.1) is 0 Å². The Morgan fingerprint density at radius 1 is 1.29 bits per heavy atom. The molecule has 21 heavy (non-hydrogen) atoms. The van der Waals surface area contributed by atoms with Crippen LogP contribution in [-0.2, 0) is 6.54 Å². The molecular weight excluding hydrogens is 266 g/mol. The van der Waals surface area contributed by atoms with Crippen LogP contribution in [0.1, 0.15) is 53.2 Å². The first-order valence-corrected chi connectivity index (χ1v) is 6.90. The number of carbonyl (C=O) groups is 2. The Bertz CT molecular complexity index is 659. The molecule has 2 rings (SSSR count). The van der Waals surface area contributed by atoms with Crippen LogP contribution in [0.15, 0.2) is 36.5 Å². The number of nitrogens with zero attached hydrogens (tertiary/aromatic N) is 2. The number of Topliss-reactive ketones (excluding diaryl/α,β-unsaturated/α-hetero) is 1. The molecule has 5 heteroatoms. The van der Waals surface area contributed by atoms with Crippen LogP contribution < -0.4 is 5.32 Å². The minimum atomic E-state index is -0.220. The zero-order chi connectivity index (χ0) is 15.4. The maximum atomic E-state index is 12.0. The quantitative estimate of drug-likeness (QED) is 0.859. The molecule has 0 fully saturated rings. The largest absolute Gasteiger partial charge is 0.347 e. The minimum absolute atomic E-state index is 0.0128. The molecule has 2 aromatic rings. The first-order chi connectivity index (χ1) is 9.97. The summed E-state index contributed by atoms with van der Waals surface area (Å²) in [5.41, 5.74) is 1.93. The number of nitrogens with one attached hydrogen (secondary N) is 1. The van der Waals surface area contributed by atoms with Crippen LogP contribution in [0.5, 0.6) is 0 Å². The molecule has 1 aromatic carbocycles. The Balaban J connectivity index is 2.00. The van der Waals surface area contributed by atoms with Crippen molar-refractivity contribution in [1.82, 2.24) is 15.1 Å². The van der Waals surface area contributed by atoms with Gasteiger partial charge in [-0.25, -0.2) is 0 Å². The van der Waals surface area contributed by atoms with Gasteiger partial charge in [-0.2, -0.15) is 5.10 Å². The molecule has 0 atom stereocenters. The highest BCUT2D eigenvalue weighted by atomic mass is 16.2. The molecule has 0 radical (unpaired) electrons. The van der Waals surface area contributed by atoms with Gasteiger partial charge in [0.15, 0.2) is 5.78 Å². The van der Waals surface area contributed by atoms with E-state index in [1.54, 1.807) is 29.1 Å². The Morgan fingerprint density at radius 2 is 2.05 bits per heavy atom. The molecule has 5 nitrogen and oxygen atoms in total. The Hall–Kier alpha value is -2.43. The lowest BCUT2D eigenvalue weighted by atomic mass is 10.1. The number of hydrogen-bond donors (Lipinski definition) is 1. The summed E-state index contributed by atoms with van der Waals surface area (Å²) in [6.07, 6.45) is 1.79. The summed E-state index contributed by atoms with van der Waals surface area (Å²) in [5.74, 6) is -0.207. The third-order valence-electron chi connectivity index (χ3n) is 3.16. The van der Waals surface area contributed by atoms with Crippen LogP contribution in [0, 0.1) is 0 Å². The summed E-state index contributed by atoms with van der Waals surface area (Å²) in [5, 5.41) is 7.03. The topological polar surface area (TPSA) is 64.0 Å². The van der Waals surface area contributed by atoms with E-state index in [1.807, 2.05) is 26.0 Å². The molecule has 0 saturated carbocycles.